The maximum Gasteiger partial charge on any atom is 0.407 e. The van der Waals surface area contributed by atoms with Crippen LogP contribution in [0.3, 0.4) is 0 Å². The number of hydrogen-bond acceptors (Lipinski definition) is 5. The summed E-state index contributed by atoms with van der Waals surface area (Å²) in [6.07, 6.45) is 2.01. The SMILES string of the molecule is Cc1cc(-c2ccc(OC[C@H](CC(C)C)NC(=O)OC(C)(C)C)c(C#N)c2)ccn1. The van der Waals surface area contributed by atoms with Crippen LogP contribution in [0.1, 0.15) is 52.3 Å². The van der Waals surface area contributed by atoms with Gasteiger partial charge in [-0.05, 0) is 75.4 Å². The molecule has 160 valence electrons. The summed E-state index contributed by atoms with van der Waals surface area (Å²) in [6, 6.07) is 11.4. The third-order valence-corrected chi connectivity index (χ3v) is 4.25. The van der Waals surface area contributed by atoms with Gasteiger partial charge < -0.3 is 14.8 Å². The molecule has 0 saturated heterocycles. The second-order valence-corrected chi connectivity index (χ2v) is 8.79. The van der Waals surface area contributed by atoms with Crippen molar-refractivity contribution in [1.29, 1.82) is 5.26 Å². The molecule has 0 fully saturated rings. The molecule has 2 rings (SSSR count). The predicted octanol–water partition coefficient (Wildman–Crippen LogP) is 5.25. The van der Waals surface area contributed by atoms with Crippen LogP contribution in [0.25, 0.3) is 11.1 Å². The highest BCUT2D eigenvalue weighted by Gasteiger charge is 2.21. The zero-order chi connectivity index (χ0) is 22.3. The summed E-state index contributed by atoms with van der Waals surface area (Å²) < 4.78 is 11.3. The zero-order valence-electron chi connectivity index (χ0n) is 18.7. The molecule has 6 nitrogen and oxygen atoms in total. The van der Waals surface area contributed by atoms with Gasteiger partial charge in [-0.25, -0.2) is 4.79 Å². The number of benzene rings is 1. The number of amides is 1. The lowest BCUT2D eigenvalue weighted by Gasteiger charge is -2.25. The van der Waals surface area contributed by atoms with Gasteiger partial charge in [-0.1, -0.05) is 19.9 Å². The molecule has 6 heteroatoms. The Labute approximate surface area is 179 Å². The number of nitriles is 1. The molecule has 2 aromatic rings. The first-order chi connectivity index (χ1) is 14.1. The lowest BCUT2D eigenvalue weighted by Crippen LogP contribution is -2.42. The average Bonchev–Trinajstić information content (AvgIpc) is 2.64. The molecule has 0 radical (unpaired) electrons. The summed E-state index contributed by atoms with van der Waals surface area (Å²) in [6.45, 7) is 11.8. The van der Waals surface area contributed by atoms with Crippen molar-refractivity contribution < 1.29 is 14.3 Å². The summed E-state index contributed by atoms with van der Waals surface area (Å²) in [4.78, 5) is 16.4. The topological polar surface area (TPSA) is 84.2 Å². The molecule has 1 aromatic heterocycles. The highest BCUT2D eigenvalue weighted by molar-refractivity contribution is 5.68. The molecule has 0 saturated carbocycles. The number of pyridine rings is 1. The maximum atomic E-state index is 12.2. The van der Waals surface area contributed by atoms with Crippen LogP contribution in [0.2, 0.25) is 0 Å². The highest BCUT2D eigenvalue weighted by atomic mass is 16.6. The largest absolute Gasteiger partial charge is 0.490 e. The van der Waals surface area contributed by atoms with E-state index in [0.717, 1.165) is 23.2 Å². The number of nitrogens with one attached hydrogen (secondary N) is 1. The van der Waals surface area contributed by atoms with Crippen LogP contribution in [-0.2, 0) is 4.74 Å². The molecule has 0 aliphatic carbocycles. The van der Waals surface area contributed by atoms with Gasteiger partial charge >= 0.3 is 6.09 Å². The van der Waals surface area contributed by atoms with Crippen LogP contribution in [0.15, 0.2) is 36.5 Å². The van der Waals surface area contributed by atoms with E-state index in [4.69, 9.17) is 9.47 Å². The number of carbonyl (C=O) groups is 1. The Bertz CT molecular complexity index is 911. The van der Waals surface area contributed by atoms with E-state index in [9.17, 15) is 10.1 Å². The second kappa shape index (κ2) is 10.1. The molecule has 30 heavy (non-hydrogen) atoms. The van der Waals surface area contributed by atoms with Crippen molar-refractivity contribution in [2.24, 2.45) is 5.92 Å². The smallest absolute Gasteiger partial charge is 0.407 e. The van der Waals surface area contributed by atoms with Crippen molar-refractivity contribution in [2.45, 2.75) is 59.6 Å². The minimum Gasteiger partial charge on any atom is -0.490 e. The quantitative estimate of drug-likeness (QED) is 0.675. The first kappa shape index (κ1) is 23.2. The minimum absolute atomic E-state index is 0.228. The number of nitrogens with zero attached hydrogens (tertiary/aromatic N) is 2. The van der Waals surface area contributed by atoms with Crippen molar-refractivity contribution in [2.75, 3.05) is 6.61 Å². The Kier molecular flexibility index (Phi) is 7.82. The average molecular weight is 410 g/mol. The fraction of sp³-hybridized carbons (Fsp3) is 0.458. The van der Waals surface area contributed by atoms with Crippen LogP contribution < -0.4 is 10.1 Å². The monoisotopic (exact) mass is 409 g/mol. The number of aryl methyl sites for hydroxylation is 1. The third-order valence-electron chi connectivity index (χ3n) is 4.25. The highest BCUT2D eigenvalue weighted by Crippen LogP contribution is 2.27. The standard InChI is InChI=1S/C24H31N3O3/c1-16(2)11-21(27-23(28)30-24(4,5)6)15-29-22-8-7-18(13-20(22)14-25)19-9-10-26-17(3)12-19/h7-10,12-13,16,21H,11,15H2,1-6H3,(H,27,28)/t21-/m0/s1. The molecule has 0 bridgehead atoms. The normalized spacial score (nSPS) is 12.2. The number of rotatable bonds is 7. The van der Waals surface area contributed by atoms with Crippen molar-refractivity contribution >= 4 is 6.09 Å². The van der Waals surface area contributed by atoms with E-state index in [2.05, 4.69) is 30.2 Å². The molecule has 0 aliphatic rings. The maximum absolute atomic E-state index is 12.2. The van der Waals surface area contributed by atoms with Crippen molar-refractivity contribution in [3.05, 3.63) is 47.8 Å². The molecular formula is C24H31N3O3. The number of carbonyl (C=O) groups excluding carboxylic acids is 1. The zero-order valence-corrected chi connectivity index (χ0v) is 18.7. The lowest BCUT2D eigenvalue weighted by atomic mass is 10.0. The first-order valence-electron chi connectivity index (χ1n) is 10.2. The van der Waals surface area contributed by atoms with Crippen LogP contribution in [-0.4, -0.2) is 29.3 Å². The molecule has 0 spiro atoms. The number of ether oxygens (including phenoxy) is 2. The first-order valence-corrected chi connectivity index (χ1v) is 10.2. The predicted molar refractivity (Wildman–Crippen MR) is 117 cm³/mol. The third kappa shape index (κ3) is 7.40. The van der Waals surface area contributed by atoms with E-state index in [1.807, 2.05) is 52.0 Å². The Balaban J connectivity index is 2.12. The fourth-order valence-electron chi connectivity index (χ4n) is 3.05. The lowest BCUT2D eigenvalue weighted by molar-refractivity contribution is 0.0480. The van der Waals surface area contributed by atoms with Gasteiger partial charge in [0.1, 0.15) is 24.0 Å². The van der Waals surface area contributed by atoms with E-state index in [0.29, 0.717) is 17.2 Å². The Morgan fingerprint density at radius 3 is 2.50 bits per heavy atom. The summed E-state index contributed by atoms with van der Waals surface area (Å²) in [5.41, 5.74) is 2.71. The molecule has 1 atom stereocenters. The van der Waals surface area contributed by atoms with Crippen molar-refractivity contribution in [3.63, 3.8) is 0 Å². The summed E-state index contributed by atoms with van der Waals surface area (Å²) in [5.74, 6) is 0.855. The second-order valence-electron chi connectivity index (χ2n) is 8.79. The van der Waals surface area contributed by atoms with Gasteiger partial charge in [0.25, 0.3) is 0 Å². The summed E-state index contributed by atoms with van der Waals surface area (Å²) >= 11 is 0. The molecule has 1 heterocycles. The molecule has 1 amide bonds. The van der Waals surface area contributed by atoms with Crippen molar-refractivity contribution in [1.82, 2.24) is 10.3 Å². The molecule has 1 N–H and O–H groups in total. The van der Waals surface area contributed by atoms with E-state index < -0.39 is 11.7 Å². The van der Waals surface area contributed by atoms with Crippen LogP contribution in [0.5, 0.6) is 5.75 Å². The van der Waals surface area contributed by atoms with Gasteiger partial charge in [-0.15, -0.1) is 0 Å². The van der Waals surface area contributed by atoms with Crippen LogP contribution in [0, 0.1) is 24.2 Å². The van der Waals surface area contributed by atoms with E-state index in [1.165, 1.54) is 0 Å². The van der Waals surface area contributed by atoms with Crippen LogP contribution in [0.4, 0.5) is 4.79 Å². The summed E-state index contributed by atoms with van der Waals surface area (Å²) in [5, 5.41) is 12.5. The number of aromatic nitrogens is 1. The van der Waals surface area contributed by atoms with E-state index >= 15 is 0 Å². The van der Waals surface area contributed by atoms with Gasteiger partial charge in [-0.2, -0.15) is 5.26 Å². The minimum atomic E-state index is -0.567. The fourth-order valence-corrected chi connectivity index (χ4v) is 3.05. The number of hydrogen-bond donors (Lipinski definition) is 1. The molecule has 0 aliphatic heterocycles. The number of alkyl carbamates (subject to hydrolysis) is 1. The van der Waals surface area contributed by atoms with Gasteiger partial charge in [0.05, 0.1) is 11.6 Å². The van der Waals surface area contributed by atoms with Crippen molar-refractivity contribution in [3.8, 4) is 22.9 Å². The van der Waals surface area contributed by atoms with Crippen LogP contribution >= 0.6 is 0 Å². The Hall–Kier alpha value is -3.07. The van der Waals surface area contributed by atoms with Gasteiger partial charge in [0, 0.05) is 11.9 Å². The summed E-state index contributed by atoms with van der Waals surface area (Å²) in [7, 11) is 0. The molecule has 0 unspecified atom stereocenters. The van der Waals surface area contributed by atoms with E-state index in [1.54, 1.807) is 12.3 Å². The molecular weight excluding hydrogens is 378 g/mol. The van der Waals surface area contributed by atoms with Gasteiger partial charge in [0.15, 0.2) is 0 Å². The van der Waals surface area contributed by atoms with Gasteiger partial charge in [0.2, 0.25) is 0 Å². The van der Waals surface area contributed by atoms with Gasteiger partial charge in [-0.3, -0.25) is 4.98 Å². The Morgan fingerprint density at radius 2 is 1.90 bits per heavy atom. The van der Waals surface area contributed by atoms with E-state index in [-0.39, 0.29) is 12.6 Å². The molecule has 1 aromatic carbocycles. The Morgan fingerprint density at radius 1 is 1.20 bits per heavy atom.